The number of carbonyl (C=O) groups excluding carboxylic acids is 1. The molecule has 3 unspecified atom stereocenters. The molecule has 0 bridgehead atoms. The molecule has 2 aliphatic rings. The molecule has 1 saturated heterocycles. The van der Waals surface area contributed by atoms with Gasteiger partial charge in [-0.25, -0.2) is 0 Å². The van der Waals surface area contributed by atoms with Crippen LogP contribution in [0.25, 0.3) is 0 Å². The molecule has 1 heterocycles. The summed E-state index contributed by atoms with van der Waals surface area (Å²) in [5.74, 6) is 1.61. The summed E-state index contributed by atoms with van der Waals surface area (Å²) >= 11 is 0. The van der Waals surface area contributed by atoms with E-state index in [2.05, 4.69) is 18.7 Å². The molecule has 1 aliphatic heterocycles. The van der Waals surface area contributed by atoms with Crippen LogP contribution in [0.2, 0.25) is 0 Å². The lowest BCUT2D eigenvalue weighted by Crippen LogP contribution is -2.41. The first-order valence-electron chi connectivity index (χ1n) is 7.36. The minimum absolute atomic E-state index is 0.0136. The standard InChI is InChI=1S/C15H27NO/c1-3-14-6-8-16(10-14)11-15(12-17)7-4-5-13(2)9-15/h12-14H,3-11H2,1-2H3. The Labute approximate surface area is 106 Å². The van der Waals surface area contributed by atoms with Crippen molar-refractivity contribution in [2.24, 2.45) is 17.3 Å². The summed E-state index contributed by atoms with van der Waals surface area (Å²) < 4.78 is 0. The second kappa shape index (κ2) is 5.51. The van der Waals surface area contributed by atoms with Crippen LogP contribution in [-0.2, 0) is 4.79 Å². The van der Waals surface area contributed by atoms with E-state index in [-0.39, 0.29) is 5.41 Å². The number of carbonyl (C=O) groups is 1. The number of likely N-dealkylation sites (tertiary alicyclic amines) is 1. The van der Waals surface area contributed by atoms with Gasteiger partial charge in [-0.2, -0.15) is 0 Å². The number of aldehydes is 1. The molecule has 0 spiro atoms. The van der Waals surface area contributed by atoms with Crippen LogP contribution < -0.4 is 0 Å². The topological polar surface area (TPSA) is 20.3 Å². The van der Waals surface area contributed by atoms with Crippen molar-refractivity contribution < 1.29 is 4.79 Å². The number of nitrogens with zero attached hydrogens (tertiary/aromatic N) is 1. The summed E-state index contributed by atoms with van der Waals surface area (Å²) in [5, 5.41) is 0. The summed E-state index contributed by atoms with van der Waals surface area (Å²) in [7, 11) is 0. The van der Waals surface area contributed by atoms with Crippen LogP contribution >= 0.6 is 0 Å². The van der Waals surface area contributed by atoms with Crippen LogP contribution in [0.15, 0.2) is 0 Å². The zero-order valence-electron chi connectivity index (χ0n) is 11.5. The molecule has 98 valence electrons. The zero-order chi connectivity index (χ0) is 12.3. The van der Waals surface area contributed by atoms with Gasteiger partial charge in [0.25, 0.3) is 0 Å². The van der Waals surface area contributed by atoms with E-state index >= 15 is 0 Å². The fourth-order valence-electron chi connectivity index (χ4n) is 3.82. The van der Waals surface area contributed by atoms with Crippen LogP contribution in [0.3, 0.4) is 0 Å². The van der Waals surface area contributed by atoms with Gasteiger partial charge in [-0.15, -0.1) is 0 Å². The quantitative estimate of drug-likeness (QED) is 0.700. The molecular formula is C15H27NO. The molecule has 2 rings (SSSR count). The van der Waals surface area contributed by atoms with E-state index in [1.165, 1.54) is 45.1 Å². The van der Waals surface area contributed by atoms with E-state index < -0.39 is 0 Å². The Hall–Kier alpha value is -0.370. The van der Waals surface area contributed by atoms with Crippen molar-refractivity contribution in [3.05, 3.63) is 0 Å². The van der Waals surface area contributed by atoms with Gasteiger partial charge in [0.05, 0.1) is 0 Å². The number of rotatable bonds is 4. The maximum atomic E-state index is 11.5. The molecule has 0 amide bonds. The van der Waals surface area contributed by atoms with E-state index in [1.54, 1.807) is 0 Å². The van der Waals surface area contributed by atoms with Gasteiger partial charge in [0.2, 0.25) is 0 Å². The van der Waals surface area contributed by atoms with Gasteiger partial charge in [-0.1, -0.05) is 33.1 Å². The van der Waals surface area contributed by atoms with Crippen LogP contribution in [-0.4, -0.2) is 30.8 Å². The van der Waals surface area contributed by atoms with Gasteiger partial charge in [0, 0.05) is 18.5 Å². The predicted octanol–water partition coefficient (Wildman–Crippen LogP) is 3.11. The van der Waals surface area contributed by atoms with Crippen molar-refractivity contribution >= 4 is 6.29 Å². The molecule has 2 fully saturated rings. The maximum Gasteiger partial charge on any atom is 0.127 e. The highest BCUT2D eigenvalue weighted by Crippen LogP contribution is 2.39. The van der Waals surface area contributed by atoms with Crippen molar-refractivity contribution in [2.75, 3.05) is 19.6 Å². The van der Waals surface area contributed by atoms with Crippen LogP contribution in [0.1, 0.15) is 52.4 Å². The van der Waals surface area contributed by atoms with Gasteiger partial charge in [-0.05, 0) is 37.6 Å². The Balaban J connectivity index is 1.93. The normalized spacial score (nSPS) is 39.4. The lowest BCUT2D eigenvalue weighted by Gasteiger charge is -2.38. The van der Waals surface area contributed by atoms with Gasteiger partial charge in [0.1, 0.15) is 6.29 Å². The van der Waals surface area contributed by atoms with Crippen LogP contribution in [0.4, 0.5) is 0 Å². The minimum Gasteiger partial charge on any atom is -0.303 e. The Morgan fingerprint density at radius 2 is 2.24 bits per heavy atom. The molecule has 2 heteroatoms. The highest BCUT2D eigenvalue weighted by atomic mass is 16.1. The molecule has 2 nitrogen and oxygen atoms in total. The van der Waals surface area contributed by atoms with Crippen molar-refractivity contribution in [3.8, 4) is 0 Å². The Morgan fingerprint density at radius 1 is 1.41 bits per heavy atom. The first kappa shape index (κ1) is 13.1. The molecule has 0 radical (unpaired) electrons. The number of hydrogen-bond acceptors (Lipinski definition) is 2. The SMILES string of the molecule is CCC1CCN(CC2(C=O)CCCC(C)C2)C1. The fourth-order valence-corrected chi connectivity index (χ4v) is 3.82. The molecule has 3 atom stereocenters. The molecule has 0 aromatic rings. The highest BCUT2D eigenvalue weighted by molar-refractivity contribution is 5.60. The van der Waals surface area contributed by atoms with Crippen molar-refractivity contribution in [1.82, 2.24) is 4.90 Å². The molecule has 1 saturated carbocycles. The first-order chi connectivity index (χ1) is 8.17. The van der Waals surface area contributed by atoms with E-state index in [9.17, 15) is 4.79 Å². The van der Waals surface area contributed by atoms with E-state index in [1.807, 2.05) is 0 Å². The monoisotopic (exact) mass is 237 g/mol. The second-order valence-electron chi connectivity index (χ2n) is 6.48. The van der Waals surface area contributed by atoms with Crippen molar-refractivity contribution in [1.29, 1.82) is 0 Å². The van der Waals surface area contributed by atoms with E-state index in [4.69, 9.17) is 0 Å². The van der Waals surface area contributed by atoms with E-state index in [0.29, 0.717) is 0 Å². The Bertz CT molecular complexity index is 266. The molecule has 17 heavy (non-hydrogen) atoms. The molecule has 0 aromatic carbocycles. The zero-order valence-corrected chi connectivity index (χ0v) is 11.5. The maximum absolute atomic E-state index is 11.5. The van der Waals surface area contributed by atoms with Gasteiger partial charge in [-0.3, -0.25) is 0 Å². The lowest BCUT2D eigenvalue weighted by molar-refractivity contribution is -0.119. The van der Waals surface area contributed by atoms with Crippen LogP contribution in [0, 0.1) is 17.3 Å². The first-order valence-corrected chi connectivity index (χ1v) is 7.36. The largest absolute Gasteiger partial charge is 0.303 e. The smallest absolute Gasteiger partial charge is 0.127 e. The van der Waals surface area contributed by atoms with Gasteiger partial charge < -0.3 is 9.69 Å². The van der Waals surface area contributed by atoms with Crippen LogP contribution in [0.5, 0.6) is 0 Å². The molecule has 0 N–H and O–H groups in total. The fraction of sp³-hybridized carbons (Fsp3) is 0.933. The van der Waals surface area contributed by atoms with E-state index in [0.717, 1.165) is 31.2 Å². The third kappa shape index (κ3) is 3.09. The second-order valence-corrected chi connectivity index (χ2v) is 6.48. The van der Waals surface area contributed by atoms with Gasteiger partial charge in [0.15, 0.2) is 0 Å². The summed E-state index contributed by atoms with van der Waals surface area (Å²) in [4.78, 5) is 14.1. The summed E-state index contributed by atoms with van der Waals surface area (Å²) in [5.41, 5.74) is -0.0136. The third-order valence-corrected chi connectivity index (χ3v) is 4.86. The average Bonchev–Trinajstić information content (AvgIpc) is 2.76. The minimum atomic E-state index is -0.0136. The Morgan fingerprint density at radius 3 is 2.82 bits per heavy atom. The number of hydrogen-bond donors (Lipinski definition) is 0. The average molecular weight is 237 g/mol. The molecular weight excluding hydrogens is 210 g/mol. The highest BCUT2D eigenvalue weighted by Gasteiger charge is 2.37. The third-order valence-electron chi connectivity index (χ3n) is 4.86. The summed E-state index contributed by atoms with van der Waals surface area (Å²) in [6.45, 7) is 8.04. The molecule has 0 aromatic heterocycles. The predicted molar refractivity (Wildman–Crippen MR) is 71.0 cm³/mol. The lowest BCUT2D eigenvalue weighted by atomic mass is 9.71. The summed E-state index contributed by atoms with van der Waals surface area (Å²) in [6, 6.07) is 0. The molecule has 1 aliphatic carbocycles. The Kier molecular flexibility index (Phi) is 4.24. The summed E-state index contributed by atoms with van der Waals surface area (Å²) in [6.07, 6.45) is 8.69. The van der Waals surface area contributed by atoms with Crippen molar-refractivity contribution in [2.45, 2.75) is 52.4 Å². The van der Waals surface area contributed by atoms with Crippen molar-refractivity contribution in [3.63, 3.8) is 0 Å². The van der Waals surface area contributed by atoms with Gasteiger partial charge >= 0.3 is 0 Å².